The monoisotopic (exact) mass is 483 g/mol. The van der Waals surface area contributed by atoms with Crippen molar-refractivity contribution in [2.75, 3.05) is 33.1 Å². The Kier molecular flexibility index (Phi) is 7.87. The molecule has 0 radical (unpaired) electrons. The predicted molar refractivity (Wildman–Crippen MR) is 128 cm³/mol. The number of hydrogen-bond acceptors (Lipinski definition) is 6. The molecule has 0 spiro atoms. The van der Waals surface area contributed by atoms with Gasteiger partial charge in [0.05, 0.1) is 13.7 Å². The Morgan fingerprint density at radius 3 is 2.18 bits per heavy atom. The number of ether oxygens (including phenoxy) is 2. The average molecular weight is 484 g/mol. The van der Waals surface area contributed by atoms with Crippen LogP contribution >= 0.6 is 0 Å². The molecule has 0 bridgehead atoms. The first-order chi connectivity index (χ1) is 16.2. The number of nitrogens with one attached hydrogen (secondary N) is 2. The van der Waals surface area contributed by atoms with E-state index in [0.29, 0.717) is 17.1 Å². The summed E-state index contributed by atoms with van der Waals surface area (Å²) < 4.78 is 36.9. The molecule has 0 unspecified atom stereocenters. The zero-order chi connectivity index (χ0) is 24.7. The van der Waals surface area contributed by atoms with Gasteiger partial charge < -0.3 is 20.1 Å². The topological polar surface area (TPSA) is 114 Å². The molecule has 0 saturated carbocycles. The predicted octanol–water partition coefficient (Wildman–Crippen LogP) is 3.11. The highest BCUT2D eigenvalue weighted by atomic mass is 32.2. The molecule has 0 atom stereocenters. The quantitative estimate of drug-likeness (QED) is 0.483. The third kappa shape index (κ3) is 6.12. The van der Waals surface area contributed by atoms with Gasteiger partial charge in [-0.1, -0.05) is 18.2 Å². The van der Waals surface area contributed by atoms with Crippen LogP contribution < -0.4 is 20.1 Å². The minimum absolute atomic E-state index is 0.0837. The van der Waals surface area contributed by atoms with Gasteiger partial charge in [-0.15, -0.1) is 0 Å². The van der Waals surface area contributed by atoms with Crippen LogP contribution in [0.4, 0.5) is 5.69 Å². The highest BCUT2D eigenvalue weighted by Crippen LogP contribution is 2.28. The molecule has 10 heteroatoms. The summed E-state index contributed by atoms with van der Waals surface area (Å²) in [5, 5.41) is 5.11. The van der Waals surface area contributed by atoms with E-state index in [-0.39, 0.29) is 22.9 Å². The van der Waals surface area contributed by atoms with Crippen LogP contribution in [0.2, 0.25) is 0 Å². The first-order valence-corrected chi connectivity index (χ1v) is 11.7. The second-order valence-corrected chi connectivity index (χ2v) is 9.44. The molecule has 34 heavy (non-hydrogen) atoms. The lowest BCUT2D eigenvalue weighted by atomic mass is 10.2. The molecule has 0 aliphatic carbocycles. The Balaban J connectivity index is 1.59. The van der Waals surface area contributed by atoms with Crippen LogP contribution in [0.5, 0.6) is 17.2 Å². The van der Waals surface area contributed by atoms with Gasteiger partial charge in [-0.3, -0.25) is 9.59 Å². The smallest absolute Gasteiger partial charge is 0.251 e. The summed E-state index contributed by atoms with van der Waals surface area (Å²) >= 11 is 0. The number of carbonyl (C=O) groups excluding carboxylic acids is 2. The van der Waals surface area contributed by atoms with E-state index in [2.05, 4.69) is 10.6 Å². The van der Waals surface area contributed by atoms with Gasteiger partial charge in [-0.05, 0) is 54.6 Å². The van der Waals surface area contributed by atoms with E-state index < -0.39 is 21.8 Å². The number of anilines is 1. The second-order valence-electron chi connectivity index (χ2n) is 7.32. The Labute approximate surface area is 198 Å². The molecule has 0 aliphatic rings. The molecule has 0 aromatic heterocycles. The van der Waals surface area contributed by atoms with Gasteiger partial charge >= 0.3 is 0 Å². The zero-order valence-corrected chi connectivity index (χ0v) is 19.8. The standard InChI is InChI=1S/C24H25N3O6S/c1-27(2)34(30,31)22-15-18(11-14-21(22)32-3)26-23(28)16-25-24(29)17-9-12-20(13-10-17)33-19-7-5-4-6-8-19/h4-15H,16H2,1-3H3,(H,25,29)(H,26,28). The molecule has 2 amide bonds. The third-order valence-electron chi connectivity index (χ3n) is 4.71. The third-order valence-corrected chi connectivity index (χ3v) is 6.55. The summed E-state index contributed by atoms with van der Waals surface area (Å²) in [6, 6.07) is 20.0. The number of rotatable bonds is 9. The van der Waals surface area contributed by atoms with Crippen molar-refractivity contribution in [3.05, 3.63) is 78.4 Å². The Hall–Kier alpha value is -3.89. The van der Waals surface area contributed by atoms with Gasteiger partial charge in [0.25, 0.3) is 5.91 Å². The van der Waals surface area contributed by atoms with Crippen molar-refractivity contribution >= 4 is 27.5 Å². The van der Waals surface area contributed by atoms with Crippen molar-refractivity contribution in [2.45, 2.75) is 4.90 Å². The molecule has 3 aromatic rings. The van der Waals surface area contributed by atoms with Crippen LogP contribution in [0.1, 0.15) is 10.4 Å². The van der Waals surface area contributed by atoms with Crippen molar-refractivity contribution in [2.24, 2.45) is 0 Å². The first kappa shape index (κ1) is 24.7. The van der Waals surface area contributed by atoms with E-state index in [0.717, 1.165) is 4.31 Å². The lowest BCUT2D eigenvalue weighted by Crippen LogP contribution is -2.32. The Bertz CT molecular complexity index is 1260. The fourth-order valence-corrected chi connectivity index (χ4v) is 3.99. The molecule has 3 aromatic carbocycles. The van der Waals surface area contributed by atoms with E-state index in [1.807, 2.05) is 30.3 Å². The number of hydrogen-bond donors (Lipinski definition) is 2. The molecular formula is C24H25N3O6S. The fraction of sp³-hybridized carbons (Fsp3) is 0.167. The minimum Gasteiger partial charge on any atom is -0.495 e. The Morgan fingerprint density at radius 1 is 0.912 bits per heavy atom. The largest absolute Gasteiger partial charge is 0.495 e. The van der Waals surface area contributed by atoms with Crippen molar-refractivity contribution in [3.63, 3.8) is 0 Å². The molecule has 2 N–H and O–H groups in total. The summed E-state index contributed by atoms with van der Waals surface area (Å²) in [5.74, 6) is 0.447. The van der Waals surface area contributed by atoms with Crippen molar-refractivity contribution in [1.29, 1.82) is 0 Å². The molecule has 0 fully saturated rings. The molecule has 0 aliphatic heterocycles. The van der Waals surface area contributed by atoms with Crippen LogP contribution in [-0.2, 0) is 14.8 Å². The van der Waals surface area contributed by atoms with Crippen LogP contribution in [-0.4, -0.2) is 52.3 Å². The maximum Gasteiger partial charge on any atom is 0.251 e. The number of methoxy groups -OCH3 is 1. The van der Waals surface area contributed by atoms with Gasteiger partial charge in [0, 0.05) is 25.3 Å². The summed E-state index contributed by atoms with van der Waals surface area (Å²) in [7, 11) is 0.370. The van der Waals surface area contributed by atoms with E-state index in [1.54, 1.807) is 24.3 Å². The van der Waals surface area contributed by atoms with Crippen molar-refractivity contribution in [3.8, 4) is 17.2 Å². The number of carbonyl (C=O) groups is 2. The van der Waals surface area contributed by atoms with Gasteiger partial charge in [-0.25, -0.2) is 12.7 Å². The average Bonchev–Trinajstić information content (AvgIpc) is 2.83. The van der Waals surface area contributed by atoms with Crippen LogP contribution in [0.15, 0.2) is 77.7 Å². The van der Waals surface area contributed by atoms with Crippen molar-refractivity contribution < 1.29 is 27.5 Å². The molecule has 9 nitrogen and oxygen atoms in total. The lowest BCUT2D eigenvalue weighted by molar-refractivity contribution is -0.115. The van der Waals surface area contributed by atoms with Gasteiger partial charge in [0.1, 0.15) is 22.1 Å². The second kappa shape index (κ2) is 10.8. The minimum atomic E-state index is -3.79. The van der Waals surface area contributed by atoms with Crippen molar-refractivity contribution in [1.82, 2.24) is 9.62 Å². The number of amides is 2. The van der Waals surface area contributed by atoms with E-state index >= 15 is 0 Å². The van der Waals surface area contributed by atoms with Gasteiger partial charge in [-0.2, -0.15) is 0 Å². The molecule has 0 heterocycles. The maximum absolute atomic E-state index is 12.5. The number of sulfonamides is 1. The number of para-hydroxylation sites is 1. The van der Waals surface area contributed by atoms with E-state index in [4.69, 9.17) is 9.47 Å². The summed E-state index contributed by atoms with van der Waals surface area (Å²) in [6.07, 6.45) is 0. The zero-order valence-electron chi connectivity index (χ0n) is 18.9. The normalized spacial score (nSPS) is 11.1. The SMILES string of the molecule is COc1ccc(NC(=O)CNC(=O)c2ccc(Oc3ccccc3)cc2)cc1S(=O)(=O)N(C)C. The highest BCUT2D eigenvalue weighted by Gasteiger charge is 2.23. The summed E-state index contributed by atoms with van der Waals surface area (Å²) in [5.41, 5.74) is 0.611. The molecular weight excluding hydrogens is 458 g/mol. The molecule has 3 rings (SSSR count). The number of nitrogens with zero attached hydrogens (tertiary/aromatic N) is 1. The maximum atomic E-state index is 12.5. The molecule has 178 valence electrons. The summed E-state index contributed by atoms with van der Waals surface area (Å²) in [6.45, 7) is -0.303. The first-order valence-electron chi connectivity index (χ1n) is 10.2. The van der Waals surface area contributed by atoms with Gasteiger partial charge in [0.15, 0.2) is 0 Å². The van der Waals surface area contributed by atoms with Gasteiger partial charge in [0.2, 0.25) is 15.9 Å². The van der Waals surface area contributed by atoms with Crippen LogP contribution in [0.3, 0.4) is 0 Å². The summed E-state index contributed by atoms with van der Waals surface area (Å²) in [4.78, 5) is 24.6. The lowest BCUT2D eigenvalue weighted by Gasteiger charge is -2.16. The molecule has 0 saturated heterocycles. The number of benzene rings is 3. The van der Waals surface area contributed by atoms with Crippen LogP contribution in [0.25, 0.3) is 0 Å². The van der Waals surface area contributed by atoms with E-state index in [9.17, 15) is 18.0 Å². The fourth-order valence-electron chi connectivity index (χ4n) is 2.92. The van der Waals surface area contributed by atoms with E-state index in [1.165, 1.54) is 39.4 Å². The Morgan fingerprint density at radius 2 is 1.56 bits per heavy atom. The van der Waals surface area contributed by atoms with Crippen LogP contribution in [0, 0.1) is 0 Å². The highest BCUT2D eigenvalue weighted by molar-refractivity contribution is 7.89.